The Balaban J connectivity index is 2.33. The van der Waals surface area contributed by atoms with Crippen molar-refractivity contribution in [2.24, 2.45) is 0 Å². The summed E-state index contributed by atoms with van der Waals surface area (Å²) in [7, 11) is 0. The Morgan fingerprint density at radius 2 is 1.45 bits per heavy atom. The van der Waals surface area contributed by atoms with Crippen LogP contribution >= 0.6 is 0 Å². The summed E-state index contributed by atoms with van der Waals surface area (Å²) in [6.07, 6.45) is -1.34. The first-order chi connectivity index (χ1) is 5.36. The molecule has 11 heavy (non-hydrogen) atoms. The minimum atomic E-state index is -0.672. The molecule has 66 valence electrons. The molecule has 0 aromatic heterocycles. The third-order valence-electron chi connectivity index (χ3n) is 1.29. The van der Waals surface area contributed by atoms with E-state index in [1.807, 2.05) is 0 Å². The van der Waals surface area contributed by atoms with Gasteiger partial charge < -0.3 is 24.4 Å². The highest BCUT2D eigenvalue weighted by Gasteiger charge is 2.19. The molecule has 0 aromatic rings. The minimum absolute atomic E-state index is 0.222. The fourth-order valence-electron chi connectivity index (χ4n) is 0.798. The summed E-state index contributed by atoms with van der Waals surface area (Å²) in [4.78, 5) is 0. The summed E-state index contributed by atoms with van der Waals surface area (Å²) in [6, 6.07) is 0. The van der Waals surface area contributed by atoms with Crippen LogP contribution in [0.5, 0.6) is 0 Å². The smallest absolute Gasteiger partial charge is 0.183 e. The van der Waals surface area contributed by atoms with E-state index in [1.165, 1.54) is 0 Å². The van der Waals surface area contributed by atoms with Crippen molar-refractivity contribution in [3.05, 3.63) is 0 Å². The molecule has 5 nitrogen and oxygen atoms in total. The first kappa shape index (κ1) is 8.89. The first-order valence-electron chi connectivity index (χ1n) is 3.47. The van der Waals surface area contributed by atoms with Crippen molar-refractivity contribution in [2.75, 3.05) is 26.4 Å². The summed E-state index contributed by atoms with van der Waals surface area (Å²) in [5, 5.41) is 17.3. The van der Waals surface area contributed by atoms with Crippen LogP contribution in [0, 0.1) is 0 Å². The summed E-state index contributed by atoms with van der Waals surface area (Å²) in [5.41, 5.74) is 0. The van der Waals surface area contributed by atoms with Gasteiger partial charge in [0.1, 0.15) is 0 Å². The molecular formula is C6H12O5. The molecular weight excluding hydrogens is 152 g/mol. The second-order valence-corrected chi connectivity index (χ2v) is 2.10. The van der Waals surface area contributed by atoms with Gasteiger partial charge in [-0.2, -0.15) is 0 Å². The molecule has 2 N–H and O–H groups in total. The van der Waals surface area contributed by atoms with Gasteiger partial charge in [0.25, 0.3) is 0 Å². The number of ether oxygens (including phenoxy) is 3. The maximum atomic E-state index is 8.64. The van der Waals surface area contributed by atoms with Gasteiger partial charge in [0.05, 0.1) is 26.4 Å². The maximum Gasteiger partial charge on any atom is 0.183 e. The zero-order valence-corrected chi connectivity index (χ0v) is 6.10. The van der Waals surface area contributed by atoms with E-state index in [4.69, 9.17) is 24.4 Å². The van der Waals surface area contributed by atoms with Gasteiger partial charge in [-0.15, -0.1) is 0 Å². The summed E-state index contributed by atoms with van der Waals surface area (Å²) < 4.78 is 14.9. The van der Waals surface area contributed by atoms with Crippen molar-refractivity contribution in [2.45, 2.75) is 12.6 Å². The lowest BCUT2D eigenvalue weighted by Crippen LogP contribution is -2.28. The van der Waals surface area contributed by atoms with Crippen molar-refractivity contribution < 1.29 is 24.4 Å². The Labute approximate surface area is 64.5 Å². The van der Waals surface area contributed by atoms with E-state index in [1.54, 1.807) is 0 Å². The lowest BCUT2D eigenvalue weighted by Gasteiger charge is -2.16. The van der Waals surface area contributed by atoms with Gasteiger partial charge in [-0.25, -0.2) is 0 Å². The second-order valence-electron chi connectivity index (χ2n) is 2.10. The standard InChI is InChI=1S/C6H12O5/c7-3-5-9-1-2-10-6(4-8)11-5/h5-8H,1-4H2. The van der Waals surface area contributed by atoms with Crippen LogP contribution in [0.25, 0.3) is 0 Å². The monoisotopic (exact) mass is 164 g/mol. The topological polar surface area (TPSA) is 68.2 Å². The molecule has 0 aromatic carbocycles. The van der Waals surface area contributed by atoms with Crippen molar-refractivity contribution in [3.8, 4) is 0 Å². The van der Waals surface area contributed by atoms with Crippen molar-refractivity contribution in [1.29, 1.82) is 0 Å². The van der Waals surface area contributed by atoms with Gasteiger partial charge in [0, 0.05) is 0 Å². The first-order valence-corrected chi connectivity index (χ1v) is 3.47. The predicted octanol–water partition coefficient (Wildman–Crippen LogP) is -1.31. The molecule has 1 fully saturated rings. The van der Waals surface area contributed by atoms with Crippen LogP contribution in [0.1, 0.15) is 0 Å². The van der Waals surface area contributed by atoms with Crippen LogP contribution in [0.3, 0.4) is 0 Å². The number of hydrogen-bond donors (Lipinski definition) is 2. The number of aliphatic hydroxyl groups excluding tert-OH is 2. The van der Waals surface area contributed by atoms with Gasteiger partial charge in [-0.3, -0.25) is 0 Å². The van der Waals surface area contributed by atoms with Gasteiger partial charge >= 0.3 is 0 Å². The van der Waals surface area contributed by atoms with Crippen molar-refractivity contribution in [3.63, 3.8) is 0 Å². The number of hydrogen-bond acceptors (Lipinski definition) is 5. The normalized spacial score (nSPS) is 33.3. The predicted molar refractivity (Wildman–Crippen MR) is 34.7 cm³/mol. The van der Waals surface area contributed by atoms with Crippen LogP contribution in [-0.4, -0.2) is 49.2 Å². The summed E-state index contributed by atoms with van der Waals surface area (Å²) >= 11 is 0. The Kier molecular flexibility index (Phi) is 3.74. The lowest BCUT2D eigenvalue weighted by atomic mass is 10.6. The quantitative estimate of drug-likeness (QED) is 0.530. The highest BCUT2D eigenvalue weighted by molar-refractivity contribution is 4.50. The van der Waals surface area contributed by atoms with E-state index >= 15 is 0 Å². The highest BCUT2D eigenvalue weighted by Crippen LogP contribution is 2.05. The second kappa shape index (κ2) is 4.63. The Morgan fingerprint density at radius 3 is 1.82 bits per heavy atom. The molecule has 1 saturated heterocycles. The number of aliphatic hydroxyl groups is 2. The molecule has 1 aliphatic heterocycles. The fraction of sp³-hybridized carbons (Fsp3) is 1.00. The molecule has 0 bridgehead atoms. The van der Waals surface area contributed by atoms with E-state index in [-0.39, 0.29) is 13.2 Å². The van der Waals surface area contributed by atoms with Crippen molar-refractivity contribution >= 4 is 0 Å². The fourth-order valence-corrected chi connectivity index (χ4v) is 0.798. The molecule has 5 heteroatoms. The lowest BCUT2D eigenvalue weighted by molar-refractivity contribution is -0.227. The Hall–Kier alpha value is -0.200. The Bertz CT molecular complexity index is 95.1. The summed E-state index contributed by atoms with van der Waals surface area (Å²) in [6.45, 7) is 0.309. The molecule has 2 unspecified atom stereocenters. The van der Waals surface area contributed by atoms with Crippen LogP contribution in [0.4, 0.5) is 0 Å². The molecule has 0 saturated carbocycles. The molecule has 1 aliphatic rings. The molecule has 0 radical (unpaired) electrons. The van der Waals surface area contributed by atoms with E-state index in [2.05, 4.69) is 0 Å². The number of rotatable bonds is 2. The van der Waals surface area contributed by atoms with Crippen LogP contribution in [0.15, 0.2) is 0 Å². The van der Waals surface area contributed by atoms with E-state index in [0.717, 1.165) is 0 Å². The largest absolute Gasteiger partial charge is 0.391 e. The SMILES string of the molecule is OCC1OCCOC(CO)O1. The molecule has 0 spiro atoms. The molecule has 1 heterocycles. The molecule has 1 rings (SSSR count). The third kappa shape index (κ3) is 2.72. The van der Waals surface area contributed by atoms with E-state index in [0.29, 0.717) is 13.2 Å². The summed E-state index contributed by atoms with van der Waals surface area (Å²) in [5.74, 6) is 0. The minimum Gasteiger partial charge on any atom is -0.391 e. The van der Waals surface area contributed by atoms with E-state index < -0.39 is 12.6 Å². The van der Waals surface area contributed by atoms with Gasteiger partial charge in [-0.1, -0.05) is 0 Å². The van der Waals surface area contributed by atoms with E-state index in [9.17, 15) is 0 Å². The zero-order chi connectivity index (χ0) is 8.10. The van der Waals surface area contributed by atoms with Crippen LogP contribution < -0.4 is 0 Å². The average molecular weight is 164 g/mol. The van der Waals surface area contributed by atoms with Crippen LogP contribution in [-0.2, 0) is 14.2 Å². The van der Waals surface area contributed by atoms with Crippen LogP contribution in [0.2, 0.25) is 0 Å². The third-order valence-corrected chi connectivity index (χ3v) is 1.29. The van der Waals surface area contributed by atoms with Gasteiger partial charge in [-0.05, 0) is 0 Å². The molecule has 0 aliphatic carbocycles. The van der Waals surface area contributed by atoms with Gasteiger partial charge in [0.2, 0.25) is 0 Å². The zero-order valence-electron chi connectivity index (χ0n) is 6.10. The maximum absolute atomic E-state index is 8.64. The molecule has 0 amide bonds. The Morgan fingerprint density at radius 1 is 1.00 bits per heavy atom. The van der Waals surface area contributed by atoms with Crippen molar-refractivity contribution in [1.82, 2.24) is 0 Å². The van der Waals surface area contributed by atoms with Gasteiger partial charge in [0.15, 0.2) is 12.6 Å². The molecule has 2 atom stereocenters. The average Bonchev–Trinajstić information content (AvgIpc) is 2.28. The highest BCUT2D eigenvalue weighted by atomic mass is 16.8.